The van der Waals surface area contributed by atoms with Crippen molar-refractivity contribution >= 4 is 10.5 Å². The van der Waals surface area contributed by atoms with E-state index in [1.54, 1.807) is 0 Å². The van der Waals surface area contributed by atoms with E-state index in [0.29, 0.717) is 10.5 Å². The van der Waals surface area contributed by atoms with E-state index in [9.17, 15) is 13.2 Å². The van der Waals surface area contributed by atoms with Crippen LogP contribution in [0, 0.1) is 23.2 Å². The summed E-state index contributed by atoms with van der Waals surface area (Å²) in [6, 6.07) is 0. The van der Waals surface area contributed by atoms with Crippen LogP contribution >= 0.6 is 0 Å². The molecule has 5 heteroatoms. The number of hydrogen-bond donors (Lipinski definition) is 0. The van der Waals surface area contributed by atoms with Crippen molar-refractivity contribution < 1.29 is 17.6 Å². The Morgan fingerprint density at radius 3 is 1.50 bits per heavy atom. The SMILES string of the molecule is CC(C)C(C)(CC(F)C(F)F)C(O[SiH3])(C(C)C)C(C)C. The Kier molecular flexibility index (Phi) is 7.28. The zero-order valence-corrected chi connectivity index (χ0v) is 16.1. The molecule has 0 aromatic rings. The van der Waals surface area contributed by atoms with E-state index in [4.69, 9.17) is 4.43 Å². The van der Waals surface area contributed by atoms with E-state index in [-0.39, 0.29) is 24.2 Å². The van der Waals surface area contributed by atoms with Gasteiger partial charge in [-0.05, 0) is 24.2 Å². The van der Waals surface area contributed by atoms with Gasteiger partial charge in [-0.15, -0.1) is 0 Å². The highest BCUT2D eigenvalue weighted by molar-refractivity contribution is 5.98. The number of halogens is 3. The molecule has 2 unspecified atom stereocenters. The van der Waals surface area contributed by atoms with Gasteiger partial charge in [0.15, 0.2) is 6.17 Å². The van der Waals surface area contributed by atoms with E-state index in [1.807, 2.05) is 48.5 Å². The summed E-state index contributed by atoms with van der Waals surface area (Å²) in [4.78, 5) is 0. The molecule has 0 aromatic heterocycles. The molecule has 0 N–H and O–H groups in total. The summed E-state index contributed by atoms with van der Waals surface area (Å²) >= 11 is 0. The third-order valence-electron chi connectivity index (χ3n) is 5.11. The zero-order valence-electron chi connectivity index (χ0n) is 14.1. The average Bonchev–Trinajstić information content (AvgIpc) is 2.28. The molecular formula is C15H31F3OSi. The predicted octanol–water partition coefficient (Wildman–Crippen LogP) is 3.99. The lowest BCUT2D eigenvalue weighted by molar-refractivity contribution is -0.157. The van der Waals surface area contributed by atoms with Crippen molar-refractivity contribution in [2.45, 2.75) is 73.1 Å². The largest absolute Gasteiger partial charge is 0.421 e. The van der Waals surface area contributed by atoms with Crippen molar-refractivity contribution in [3.63, 3.8) is 0 Å². The molecule has 0 aliphatic rings. The first-order valence-corrected chi connectivity index (χ1v) is 8.26. The van der Waals surface area contributed by atoms with Gasteiger partial charge in [0.05, 0.1) is 5.60 Å². The van der Waals surface area contributed by atoms with Crippen LogP contribution in [0.4, 0.5) is 13.2 Å². The Balaban J connectivity index is 5.82. The fraction of sp³-hybridized carbons (Fsp3) is 1.00. The van der Waals surface area contributed by atoms with Crippen LogP contribution in [-0.2, 0) is 4.43 Å². The molecule has 0 radical (unpaired) electrons. The highest BCUT2D eigenvalue weighted by atomic mass is 28.2. The van der Waals surface area contributed by atoms with Crippen molar-refractivity contribution in [1.82, 2.24) is 0 Å². The first-order valence-electron chi connectivity index (χ1n) is 7.44. The summed E-state index contributed by atoms with van der Waals surface area (Å²) < 4.78 is 45.2. The third-order valence-corrected chi connectivity index (χ3v) is 5.79. The van der Waals surface area contributed by atoms with Gasteiger partial charge in [-0.3, -0.25) is 0 Å². The summed E-state index contributed by atoms with van der Waals surface area (Å²) in [5.41, 5.74) is -1.21. The lowest BCUT2D eigenvalue weighted by Crippen LogP contribution is -2.59. The molecule has 0 rings (SSSR count). The van der Waals surface area contributed by atoms with Crippen LogP contribution in [0.2, 0.25) is 0 Å². The lowest BCUT2D eigenvalue weighted by atomic mass is 9.56. The molecule has 0 saturated heterocycles. The Bertz CT molecular complexity index is 287. The van der Waals surface area contributed by atoms with Gasteiger partial charge in [-0.2, -0.15) is 0 Å². The van der Waals surface area contributed by atoms with Crippen LogP contribution in [-0.4, -0.2) is 28.7 Å². The van der Waals surface area contributed by atoms with Gasteiger partial charge in [-0.1, -0.05) is 48.5 Å². The maximum absolute atomic E-state index is 13.8. The van der Waals surface area contributed by atoms with Crippen LogP contribution in [0.3, 0.4) is 0 Å². The second kappa shape index (κ2) is 7.30. The Hall–Kier alpha value is -0.0331. The van der Waals surface area contributed by atoms with E-state index in [0.717, 1.165) is 0 Å². The molecule has 0 aromatic carbocycles. The minimum atomic E-state index is -2.93. The van der Waals surface area contributed by atoms with Crippen LogP contribution in [0.25, 0.3) is 0 Å². The number of hydrogen-bond acceptors (Lipinski definition) is 1. The van der Waals surface area contributed by atoms with Crippen LogP contribution < -0.4 is 0 Å². The fourth-order valence-corrected chi connectivity index (χ4v) is 5.44. The fourth-order valence-electron chi connectivity index (χ4n) is 4.03. The monoisotopic (exact) mass is 312 g/mol. The van der Waals surface area contributed by atoms with Gasteiger partial charge in [0.2, 0.25) is 0 Å². The van der Waals surface area contributed by atoms with Crippen LogP contribution in [0.1, 0.15) is 54.9 Å². The average molecular weight is 312 g/mol. The molecule has 0 bridgehead atoms. The van der Waals surface area contributed by atoms with E-state index in [2.05, 4.69) is 0 Å². The minimum absolute atomic E-state index is 0.0539. The first kappa shape index (κ1) is 20.0. The standard InChI is InChI=1S/C15H31F3OSi/c1-9(2)14(7,8-12(16)13(17)18)15(19-20,10(3)4)11(5)6/h9-13H,8H2,1-7,20H3. The van der Waals surface area contributed by atoms with Crippen molar-refractivity contribution in [3.05, 3.63) is 0 Å². The Morgan fingerprint density at radius 2 is 1.30 bits per heavy atom. The first-order chi connectivity index (χ1) is 8.97. The van der Waals surface area contributed by atoms with Gasteiger partial charge in [0, 0.05) is 5.41 Å². The number of rotatable bonds is 8. The molecule has 0 saturated carbocycles. The summed E-state index contributed by atoms with van der Waals surface area (Å²) in [7, 11) is 0.505. The van der Waals surface area contributed by atoms with Crippen LogP contribution in [0.15, 0.2) is 0 Å². The predicted molar refractivity (Wildman–Crippen MR) is 81.9 cm³/mol. The molecule has 0 spiro atoms. The van der Waals surface area contributed by atoms with Crippen molar-refractivity contribution in [2.75, 3.05) is 0 Å². The lowest BCUT2D eigenvalue weighted by Gasteiger charge is -2.56. The summed E-state index contributed by atoms with van der Waals surface area (Å²) in [6.45, 7) is 14.0. The van der Waals surface area contributed by atoms with Gasteiger partial charge >= 0.3 is 0 Å². The van der Waals surface area contributed by atoms with Gasteiger partial charge < -0.3 is 4.43 Å². The molecule has 0 amide bonds. The maximum Gasteiger partial charge on any atom is 0.269 e. The Labute approximate surface area is 125 Å². The second-order valence-electron chi connectivity index (χ2n) is 6.93. The Morgan fingerprint density at radius 1 is 0.900 bits per heavy atom. The highest BCUT2D eigenvalue weighted by Gasteiger charge is 2.55. The topological polar surface area (TPSA) is 9.23 Å². The maximum atomic E-state index is 13.8. The molecule has 122 valence electrons. The molecule has 20 heavy (non-hydrogen) atoms. The normalized spacial score (nSPS) is 18.3. The molecule has 0 fully saturated rings. The van der Waals surface area contributed by atoms with Crippen molar-refractivity contribution in [2.24, 2.45) is 23.2 Å². The second-order valence-corrected chi connectivity index (χ2v) is 7.34. The van der Waals surface area contributed by atoms with Crippen molar-refractivity contribution in [3.8, 4) is 0 Å². The third kappa shape index (κ3) is 3.41. The molecule has 0 aliphatic heterocycles. The quantitative estimate of drug-likeness (QED) is 0.616. The van der Waals surface area contributed by atoms with Gasteiger partial charge in [0.1, 0.15) is 10.5 Å². The molecule has 0 heterocycles. The van der Waals surface area contributed by atoms with Crippen molar-refractivity contribution in [1.29, 1.82) is 0 Å². The molecule has 2 atom stereocenters. The highest BCUT2D eigenvalue weighted by Crippen LogP contribution is 2.52. The molecular weight excluding hydrogens is 281 g/mol. The van der Waals surface area contributed by atoms with E-state index in [1.165, 1.54) is 0 Å². The summed E-state index contributed by atoms with van der Waals surface area (Å²) in [6.07, 6.45) is -5.20. The van der Waals surface area contributed by atoms with Crippen LogP contribution in [0.5, 0.6) is 0 Å². The minimum Gasteiger partial charge on any atom is -0.421 e. The summed E-state index contributed by atoms with van der Waals surface area (Å²) in [5, 5.41) is 0. The van der Waals surface area contributed by atoms with E-state index < -0.39 is 23.6 Å². The number of alkyl halides is 3. The molecule has 1 nitrogen and oxygen atoms in total. The van der Waals surface area contributed by atoms with Gasteiger partial charge in [0.25, 0.3) is 6.43 Å². The zero-order chi connectivity index (χ0) is 16.3. The summed E-state index contributed by atoms with van der Waals surface area (Å²) in [5.74, 6) is 0.327. The van der Waals surface area contributed by atoms with Gasteiger partial charge in [-0.25, -0.2) is 13.2 Å². The molecule has 0 aliphatic carbocycles. The van der Waals surface area contributed by atoms with E-state index >= 15 is 0 Å². The smallest absolute Gasteiger partial charge is 0.269 e.